The van der Waals surface area contributed by atoms with Crippen molar-refractivity contribution in [3.63, 3.8) is 0 Å². The van der Waals surface area contributed by atoms with Crippen LogP contribution in [-0.2, 0) is 4.79 Å². The Kier molecular flexibility index (Phi) is 12.9. The average molecular weight is 462 g/mol. The first kappa shape index (κ1) is 23.5. The molecule has 0 aliphatic carbocycles. The summed E-state index contributed by atoms with van der Waals surface area (Å²) in [6, 6.07) is 9.73. The summed E-state index contributed by atoms with van der Waals surface area (Å²) in [6.07, 6.45) is 2.17. The van der Waals surface area contributed by atoms with Gasteiger partial charge in [0.25, 0.3) is 0 Å². The lowest BCUT2D eigenvalue weighted by Gasteiger charge is -2.23. The number of likely N-dealkylation sites (N-methyl/N-ethyl adjacent to an activating group) is 2. The second-order valence-electron chi connectivity index (χ2n) is 5.79. The number of ether oxygens (including phenoxy) is 1. The van der Waals surface area contributed by atoms with Crippen molar-refractivity contribution in [3.05, 3.63) is 30.3 Å². The van der Waals surface area contributed by atoms with Gasteiger partial charge in [-0.25, -0.2) is 4.99 Å². The third-order valence-electron chi connectivity index (χ3n) is 3.48. The highest BCUT2D eigenvalue weighted by atomic mass is 127. The quantitative estimate of drug-likeness (QED) is 0.265. The van der Waals surface area contributed by atoms with E-state index in [2.05, 4.69) is 17.2 Å². The van der Waals surface area contributed by atoms with Crippen molar-refractivity contribution in [2.24, 2.45) is 4.99 Å². The van der Waals surface area contributed by atoms with Crippen LogP contribution in [0.5, 0.6) is 5.75 Å². The summed E-state index contributed by atoms with van der Waals surface area (Å²) in [5.41, 5.74) is 0. The van der Waals surface area contributed by atoms with Crippen LogP contribution in [0.2, 0.25) is 0 Å². The Bertz CT molecular complexity index is 509. The zero-order valence-corrected chi connectivity index (χ0v) is 18.0. The molecule has 0 heterocycles. The van der Waals surface area contributed by atoms with Crippen molar-refractivity contribution < 1.29 is 9.53 Å². The van der Waals surface area contributed by atoms with E-state index in [1.165, 1.54) is 0 Å². The Morgan fingerprint density at radius 2 is 1.88 bits per heavy atom. The largest absolute Gasteiger partial charge is 0.492 e. The van der Waals surface area contributed by atoms with Crippen molar-refractivity contribution in [2.45, 2.75) is 19.8 Å². The normalized spacial score (nSPS) is 10.6. The van der Waals surface area contributed by atoms with Gasteiger partial charge >= 0.3 is 0 Å². The van der Waals surface area contributed by atoms with Crippen LogP contribution in [0.4, 0.5) is 0 Å². The van der Waals surface area contributed by atoms with Gasteiger partial charge in [0.15, 0.2) is 5.96 Å². The number of nitrogens with zero attached hydrogens (tertiary/aromatic N) is 3. The molecule has 0 saturated heterocycles. The van der Waals surface area contributed by atoms with E-state index in [0.29, 0.717) is 13.2 Å². The zero-order chi connectivity index (χ0) is 17.8. The van der Waals surface area contributed by atoms with Crippen molar-refractivity contribution >= 4 is 35.8 Å². The summed E-state index contributed by atoms with van der Waals surface area (Å²) in [5.74, 6) is 1.57. The molecule has 142 valence electrons. The molecule has 0 atom stereocenters. The number of amides is 1. The SMILES string of the molecule is CCCCNC(=NCC(=O)N(C)C)N(C)CCOc1ccccc1.I. The van der Waals surface area contributed by atoms with Gasteiger partial charge in [-0.2, -0.15) is 0 Å². The lowest BCUT2D eigenvalue weighted by atomic mass is 10.3. The molecule has 0 radical (unpaired) electrons. The number of halogens is 1. The first-order valence-electron chi connectivity index (χ1n) is 8.42. The van der Waals surface area contributed by atoms with Crippen molar-refractivity contribution in [2.75, 3.05) is 47.4 Å². The minimum Gasteiger partial charge on any atom is -0.492 e. The fourth-order valence-corrected chi connectivity index (χ4v) is 1.90. The minimum atomic E-state index is -0.0151. The van der Waals surface area contributed by atoms with Crippen LogP contribution in [0.1, 0.15) is 19.8 Å². The number of unbranched alkanes of at least 4 members (excludes halogenated alkanes) is 1. The predicted molar refractivity (Wildman–Crippen MR) is 114 cm³/mol. The number of aliphatic imine (C=N–C) groups is 1. The van der Waals surface area contributed by atoms with E-state index in [9.17, 15) is 4.79 Å². The molecule has 1 amide bonds. The standard InChI is InChI=1S/C18H30N4O2.HI/c1-5-6-12-19-18(20-15-17(23)21(2)3)22(4)13-14-24-16-10-8-7-9-11-16;/h7-11H,5-6,12-15H2,1-4H3,(H,19,20);1H. The maximum Gasteiger partial charge on any atom is 0.243 e. The van der Waals surface area contributed by atoms with Gasteiger partial charge in [-0.15, -0.1) is 24.0 Å². The van der Waals surface area contributed by atoms with Crippen LogP contribution < -0.4 is 10.1 Å². The van der Waals surface area contributed by atoms with Gasteiger partial charge < -0.3 is 19.9 Å². The third-order valence-corrected chi connectivity index (χ3v) is 3.48. The Morgan fingerprint density at radius 1 is 1.20 bits per heavy atom. The summed E-state index contributed by atoms with van der Waals surface area (Å²) in [6.45, 7) is 4.37. The maximum absolute atomic E-state index is 11.7. The van der Waals surface area contributed by atoms with E-state index < -0.39 is 0 Å². The molecule has 0 aliphatic rings. The van der Waals surface area contributed by atoms with E-state index in [1.807, 2.05) is 42.3 Å². The van der Waals surface area contributed by atoms with E-state index in [0.717, 1.165) is 31.1 Å². The molecule has 1 aromatic carbocycles. The summed E-state index contributed by atoms with van der Waals surface area (Å²) in [7, 11) is 5.42. The molecule has 0 saturated carbocycles. The molecular formula is C18H31IN4O2. The van der Waals surface area contributed by atoms with Crippen LogP contribution in [0.3, 0.4) is 0 Å². The van der Waals surface area contributed by atoms with Gasteiger partial charge in [0.05, 0.1) is 6.54 Å². The number of nitrogens with one attached hydrogen (secondary N) is 1. The molecule has 0 spiro atoms. The lowest BCUT2D eigenvalue weighted by Crippen LogP contribution is -2.42. The average Bonchev–Trinajstić information content (AvgIpc) is 2.58. The fraction of sp³-hybridized carbons (Fsp3) is 0.556. The number of guanidine groups is 1. The number of para-hydroxylation sites is 1. The first-order valence-corrected chi connectivity index (χ1v) is 8.42. The number of benzene rings is 1. The van der Waals surface area contributed by atoms with Gasteiger partial charge in [-0.05, 0) is 18.6 Å². The maximum atomic E-state index is 11.7. The molecule has 1 rings (SSSR count). The summed E-state index contributed by atoms with van der Waals surface area (Å²) >= 11 is 0. The third kappa shape index (κ3) is 10.2. The van der Waals surface area contributed by atoms with Crippen LogP contribution in [0.25, 0.3) is 0 Å². The molecule has 25 heavy (non-hydrogen) atoms. The molecule has 0 aromatic heterocycles. The Balaban J connectivity index is 0.00000576. The number of hydrogen-bond donors (Lipinski definition) is 1. The summed E-state index contributed by atoms with van der Waals surface area (Å²) < 4.78 is 5.72. The van der Waals surface area contributed by atoms with Crippen LogP contribution >= 0.6 is 24.0 Å². The lowest BCUT2D eigenvalue weighted by molar-refractivity contribution is -0.127. The number of carbonyl (C=O) groups is 1. The summed E-state index contributed by atoms with van der Waals surface area (Å²) in [5, 5.41) is 3.31. The molecule has 0 unspecified atom stereocenters. The topological polar surface area (TPSA) is 57.2 Å². The Hall–Kier alpha value is -1.51. The van der Waals surface area contributed by atoms with Gasteiger partial charge in [-0.3, -0.25) is 4.79 Å². The van der Waals surface area contributed by atoms with Crippen LogP contribution in [0.15, 0.2) is 35.3 Å². The predicted octanol–water partition coefficient (Wildman–Crippen LogP) is 2.45. The van der Waals surface area contributed by atoms with Crippen LogP contribution in [-0.4, -0.2) is 69.1 Å². The van der Waals surface area contributed by atoms with Gasteiger partial charge in [0.2, 0.25) is 5.91 Å². The van der Waals surface area contributed by atoms with Gasteiger partial charge in [-0.1, -0.05) is 31.5 Å². The smallest absolute Gasteiger partial charge is 0.243 e. The summed E-state index contributed by atoms with van der Waals surface area (Å²) in [4.78, 5) is 19.7. The van der Waals surface area contributed by atoms with E-state index >= 15 is 0 Å². The van der Waals surface area contributed by atoms with Crippen molar-refractivity contribution in [3.8, 4) is 5.75 Å². The highest BCUT2D eigenvalue weighted by Crippen LogP contribution is 2.07. The molecule has 7 heteroatoms. The van der Waals surface area contributed by atoms with Gasteiger partial charge in [0.1, 0.15) is 18.9 Å². The van der Waals surface area contributed by atoms with E-state index in [4.69, 9.17) is 4.74 Å². The van der Waals surface area contributed by atoms with E-state index in [1.54, 1.807) is 19.0 Å². The molecule has 1 N–H and O–H groups in total. The molecule has 1 aromatic rings. The first-order chi connectivity index (χ1) is 11.5. The number of carbonyl (C=O) groups excluding carboxylic acids is 1. The highest BCUT2D eigenvalue weighted by molar-refractivity contribution is 14.0. The fourth-order valence-electron chi connectivity index (χ4n) is 1.90. The zero-order valence-electron chi connectivity index (χ0n) is 15.7. The second-order valence-corrected chi connectivity index (χ2v) is 5.79. The Morgan fingerprint density at radius 3 is 2.48 bits per heavy atom. The number of hydrogen-bond acceptors (Lipinski definition) is 3. The monoisotopic (exact) mass is 462 g/mol. The Labute approximate surface area is 168 Å². The van der Waals surface area contributed by atoms with Gasteiger partial charge in [0, 0.05) is 27.7 Å². The number of rotatable bonds is 9. The van der Waals surface area contributed by atoms with Crippen molar-refractivity contribution in [1.29, 1.82) is 0 Å². The highest BCUT2D eigenvalue weighted by Gasteiger charge is 2.09. The van der Waals surface area contributed by atoms with Crippen molar-refractivity contribution in [1.82, 2.24) is 15.1 Å². The molecule has 0 bridgehead atoms. The molecule has 6 nitrogen and oxygen atoms in total. The second kappa shape index (κ2) is 13.7. The minimum absolute atomic E-state index is 0. The molecular weight excluding hydrogens is 431 g/mol. The van der Waals surface area contributed by atoms with E-state index in [-0.39, 0.29) is 36.4 Å². The van der Waals surface area contributed by atoms with Crippen LogP contribution in [0, 0.1) is 0 Å². The molecule has 0 aliphatic heterocycles. The molecule has 0 fully saturated rings.